The first-order chi connectivity index (χ1) is 8.58. The van der Waals surface area contributed by atoms with Gasteiger partial charge in [0.05, 0.1) is 12.6 Å². The molecule has 4 nitrogen and oxygen atoms in total. The number of carbonyl (C=O) groups is 2. The Morgan fingerprint density at radius 3 is 2.67 bits per heavy atom. The van der Waals surface area contributed by atoms with Crippen LogP contribution in [0.2, 0.25) is 0 Å². The average Bonchev–Trinajstić information content (AvgIpc) is 2.38. The van der Waals surface area contributed by atoms with E-state index in [-0.39, 0.29) is 17.7 Å². The highest BCUT2D eigenvalue weighted by Crippen LogP contribution is 2.14. The lowest BCUT2D eigenvalue weighted by atomic mass is 10.0. The predicted octanol–water partition coefficient (Wildman–Crippen LogP) is 1.45. The summed E-state index contributed by atoms with van der Waals surface area (Å²) in [6, 6.07) is 7.03. The van der Waals surface area contributed by atoms with E-state index in [2.05, 4.69) is 21.2 Å². The van der Waals surface area contributed by atoms with Crippen molar-refractivity contribution >= 4 is 27.6 Å². The second-order valence-corrected chi connectivity index (χ2v) is 5.28. The maximum absolute atomic E-state index is 12.3. The fourth-order valence-corrected chi connectivity index (χ4v) is 2.27. The molecule has 0 aliphatic carbocycles. The minimum Gasteiger partial charge on any atom is -0.354 e. The number of amides is 1. The summed E-state index contributed by atoms with van der Waals surface area (Å²) in [5, 5.41) is 2.75. The Labute approximate surface area is 114 Å². The van der Waals surface area contributed by atoms with Gasteiger partial charge in [-0.05, 0) is 19.1 Å². The molecule has 1 aliphatic rings. The van der Waals surface area contributed by atoms with Gasteiger partial charge >= 0.3 is 0 Å². The zero-order chi connectivity index (χ0) is 13.1. The number of carbonyl (C=O) groups excluding carboxylic acids is 2. The summed E-state index contributed by atoms with van der Waals surface area (Å²) in [5.41, 5.74) is 0.677. The molecule has 0 radical (unpaired) electrons. The molecular formula is C13H15BrN2O2. The van der Waals surface area contributed by atoms with Crippen LogP contribution in [-0.4, -0.2) is 42.3 Å². The summed E-state index contributed by atoms with van der Waals surface area (Å²) in [6.07, 6.45) is 0. The number of nitrogens with one attached hydrogen (secondary N) is 1. The average molecular weight is 311 g/mol. The van der Waals surface area contributed by atoms with Crippen molar-refractivity contribution in [2.24, 2.45) is 0 Å². The monoisotopic (exact) mass is 310 g/mol. The second-order valence-electron chi connectivity index (χ2n) is 4.37. The number of hydrogen-bond donors (Lipinski definition) is 1. The summed E-state index contributed by atoms with van der Waals surface area (Å²) in [7, 11) is 0. The fraction of sp³-hybridized carbons (Fsp3) is 0.385. The van der Waals surface area contributed by atoms with Crippen molar-refractivity contribution in [2.45, 2.75) is 13.0 Å². The number of Topliss-reactive ketones (excluding diaryl/α,β-unsaturated/α-hetero) is 1. The number of rotatable bonds is 3. The highest BCUT2D eigenvalue weighted by Gasteiger charge is 2.26. The second kappa shape index (κ2) is 5.63. The summed E-state index contributed by atoms with van der Waals surface area (Å²) in [6.45, 7) is 3.47. The largest absolute Gasteiger partial charge is 0.354 e. The van der Waals surface area contributed by atoms with Crippen molar-refractivity contribution in [3.05, 3.63) is 34.3 Å². The topological polar surface area (TPSA) is 49.4 Å². The van der Waals surface area contributed by atoms with E-state index in [0.717, 1.165) is 11.0 Å². The van der Waals surface area contributed by atoms with E-state index in [0.29, 0.717) is 18.7 Å². The van der Waals surface area contributed by atoms with Crippen molar-refractivity contribution in [1.82, 2.24) is 10.2 Å². The molecule has 1 saturated heterocycles. The van der Waals surface area contributed by atoms with Gasteiger partial charge in [0, 0.05) is 23.1 Å². The lowest BCUT2D eigenvalue weighted by Crippen LogP contribution is -2.52. The van der Waals surface area contributed by atoms with Crippen LogP contribution in [0.25, 0.3) is 0 Å². The standard InChI is InChI=1S/C13H15BrN2O2/c1-9(16-7-6-15-12(17)8-16)13(18)10-2-4-11(14)5-3-10/h2-5,9H,6-8H2,1H3,(H,15,17). The highest BCUT2D eigenvalue weighted by molar-refractivity contribution is 9.10. The normalized spacial score (nSPS) is 18.2. The molecule has 18 heavy (non-hydrogen) atoms. The molecule has 1 N–H and O–H groups in total. The minimum atomic E-state index is -0.266. The van der Waals surface area contributed by atoms with E-state index in [4.69, 9.17) is 0 Å². The van der Waals surface area contributed by atoms with E-state index >= 15 is 0 Å². The van der Waals surface area contributed by atoms with Crippen LogP contribution < -0.4 is 5.32 Å². The summed E-state index contributed by atoms with van der Waals surface area (Å²) < 4.78 is 0.948. The van der Waals surface area contributed by atoms with Crippen LogP contribution in [0.3, 0.4) is 0 Å². The van der Waals surface area contributed by atoms with E-state index < -0.39 is 0 Å². The van der Waals surface area contributed by atoms with Gasteiger partial charge in [0.1, 0.15) is 0 Å². The molecule has 0 bridgehead atoms. The Bertz CT molecular complexity index is 459. The van der Waals surface area contributed by atoms with Gasteiger partial charge < -0.3 is 5.32 Å². The fourth-order valence-electron chi connectivity index (χ4n) is 2.01. The van der Waals surface area contributed by atoms with E-state index in [1.165, 1.54) is 0 Å². The third-order valence-electron chi connectivity index (χ3n) is 3.12. The van der Waals surface area contributed by atoms with Gasteiger partial charge in [-0.25, -0.2) is 0 Å². The molecule has 1 unspecified atom stereocenters. The number of halogens is 1. The molecule has 96 valence electrons. The van der Waals surface area contributed by atoms with Crippen LogP contribution in [0.15, 0.2) is 28.7 Å². The Morgan fingerprint density at radius 2 is 2.06 bits per heavy atom. The first-order valence-electron chi connectivity index (χ1n) is 5.88. The van der Waals surface area contributed by atoms with E-state index in [1.54, 1.807) is 12.1 Å². The van der Waals surface area contributed by atoms with Crippen LogP contribution >= 0.6 is 15.9 Å². The molecule has 1 aliphatic heterocycles. The van der Waals surface area contributed by atoms with Gasteiger partial charge in [0.15, 0.2) is 5.78 Å². The quantitative estimate of drug-likeness (QED) is 0.860. The van der Waals surface area contributed by atoms with E-state index in [9.17, 15) is 9.59 Å². The number of benzene rings is 1. The summed E-state index contributed by atoms with van der Waals surface area (Å²) in [5.74, 6) is 0.0360. The van der Waals surface area contributed by atoms with Gasteiger partial charge in [0.2, 0.25) is 5.91 Å². The molecule has 0 spiro atoms. The molecule has 5 heteroatoms. The predicted molar refractivity (Wildman–Crippen MR) is 72.5 cm³/mol. The van der Waals surface area contributed by atoms with Crippen LogP contribution in [-0.2, 0) is 4.79 Å². The minimum absolute atomic E-state index is 0.0169. The zero-order valence-electron chi connectivity index (χ0n) is 10.1. The molecule has 0 aromatic heterocycles. The summed E-state index contributed by atoms with van der Waals surface area (Å²) >= 11 is 3.34. The summed E-state index contributed by atoms with van der Waals surface area (Å²) in [4.78, 5) is 25.5. The van der Waals surface area contributed by atoms with Crippen molar-refractivity contribution in [3.8, 4) is 0 Å². The SMILES string of the molecule is CC(C(=O)c1ccc(Br)cc1)N1CCNC(=O)C1. The molecule has 1 aromatic carbocycles. The van der Waals surface area contributed by atoms with Crippen molar-refractivity contribution in [3.63, 3.8) is 0 Å². The molecule has 1 amide bonds. The first-order valence-corrected chi connectivity index (χ1v) is 6.68. The Morgan fingerprint density at radius 1 is 1.39 bits per heavy atom. The first kappa shape index (κ1) is 13.2. The van der Waals surface area contributed by atoms with Gasteiger partial charge in [-0.3, -0.25) is 14.5 Å². The van der Waals surface area contributed by atoms with Gasteiger partial charge in [-0.15, -0.1) is 0 Å². The number of hydrogen-bond acceptors (Lipinski definition) is 3. The maximum Gasteiger partial charge on any atom is 0.234 e. The molecular weight excluding hydrogens is 296 g/mol. The van der Waals surface area contributed by atoms with Crippen molar-refractivity contribution in [2.75, 3.05) is 19.6 Å². The van der Waals surface area contributed by atoms with Crippen LogP contribution in [0.5, 0.6) is 0 Å². The maximum atomic E-state index is 12.3. The van der Waals surface area contributed by atoms with E-state index in [1.807, 2.05) is 24.0 Å². The lowest BCUT2D eigenvalue weighted by molar-refractivity contribution is -0.124. The number of ketones is 1. The third-order valence-corrected chi connectivity index (χ3v) is 3.65. The molecule has 1 fully saturated rings. The zero-order valence-corrected chi connectivity index (χ0v) is 11.7. The molecule has 1 atom stereocenters. The molecule has 1 aromatic rings. The molecule has 2 rings (SSSR count). The molecule has 0 saturated carbocycles. The Kier molecular flexibility index (Phi) is 4.14. The van der Waals surface area contributed by atoms with Crippen molar-refractivity contribution in [1.29, 1.82) is 0 Å². The Balaban J connectivity index is 2.08. The van der Waals surface area contributed by atoms with Crippen molar-refractivity contribution < 1.29 is 9.59 Å². The van der Waals surface area contributed by atoms with Gasteiger partial charge in [-0.2, -0.15) is 0 Å². The lowest BCUT2D eigenvalue weighted by Gasteiger charge is -2.31. The van der Waals surface area contributed by atoms with Crippen LogP contribution in [0, 0.1) is 0 Å². The smallest absolute Gasteiger partial charge is 0.234 e. The van der Waals surface area contributed by atoms with Crippen LogP contribution in [0.1, 0.15) is 17.3 Å². The number of piperazine rings is 1. The Hall–Kier alpha value is -1.20. The van der Waals surface area contributed by atoms with Gasteiger partial charge in [-0.1, -0.05) is 28.1 Å². The number of nitrogens with zero attached hydrogens (tertiary/aromatic N) is 1. The molecule has 1 heterocycles. The third kappa shape index (κ3) is 2.97. The van der Waals surface area contributed by atoms with Gasteiger partial charge in [0.25, 0.3) is 0 Å². The highest BCUT2D eigenvalue weighted by atomic mass is 79.9. The van der Waals surface area contributed by atoms with Crippen LogP contribution in [0.4, 0.5) is 0 Å².